The average molecular weight is 1600 g/mol. The first-order valence-corrected chi connectivity index (χ1v) is 49.1. The van der Waals surface area contributed by atoms with Gasteiger partial charge in [-0.1, -0.05) is 120 Å². The minimum atomic E-state index is -6.94. The highest BCUT2D eigenvalue weighted by molar-refractivity contribution is 6.96. The van der Waals surface area contributed by atoms with E-state index in [4.69, 9.17) is 24.7 Å². The Morgan fingerprint density at radius 2 is 0.698 bits per heavy atom. The van der Waals surface area contributed by atoms with Crippen molar-refractivity contribution in [2.75, 3.05) is 7.11 Å². The molecule has 0 aliphatic carbocycles. The second-order valence-electron chi connectivity index (χ2n) is 24.3. The van der Waals surface area contributed by atoms with E-state index in [1.165, 1.54) is 18.0 Å². The average Bonchev–Trinajstić information content (AvgIpc) is 3.26. The van der Waals surface area contributed by atoms with Crippen LogP contribution in [0.3, 0.4) is 0 Å². The topological polar surface area (TPSA) is 92.3 Å². The number of halogens is 24. The van der Waals surface area contributed by atoms with E-state index >= 15 is 0 Å². The summed E-state index contributed by atoms with van der Waals surface area (Å²) in [6, 6.07) is 17.9. The Hall–Kier alpha value is -1.90. The molecule has 5 unspecified atom stereocenters. The van der Waals surface area contributed by atoms with Gasteiger partial charge in [0.1, 0.15) is 6.42 Å². The van der Waals surface area contributed by atoms with Crippen LogP contribution in [0, 0.1) is 0 Å². The Morgan fingerprint density at radius 1 is 0.365 bits per heavy atom. The summed E-state index contributed by atoms with van der Waals surface area (Å²) < 4.78 is 353. The van der Waals surface area contributed by atoms with Crippen LogP contribution in [0.5, 0.6) is 0 Å². The zero-order valence-corrected chi connectivity index (χ0v) is 59.0. The van der Waals surface area contributed by atoms with E-state index in [1.807, 2.05) is 107 Å². The van der Waals surface area contributed by atoms with Crippen molar-refractivity contribution < 1.29 is 149 Å². The van der Waals surface area contributed by atoms with Crippen molar-refractivity contribution in [3.05, 3.63) is 60.7 Å². The molecule has 0 aliphatic heterocycles. The molecule has 10 nitrogen and oxygen atoms in total. The lowest BCUT2D eigenvalue weighted by atomic mass is 10.1. The standard InChI is InChI=1S/C21H35F9O4Si4.C19H36F4O3Si4.C6H3F11O3.8CH4/c1-35(2,3)32-38(8,17-12-10-9-11-13-17)34-37(6,7)33-36(4,5)15-14-18(22,21(28,29)30)31-20(26,27)16-19(23,24)25;1-18(20,19(21,22)23)15-16-28(5,6)25-30(9,17-13-11-10-12-14-17)26-29(7,8)24-27(2,3)4;1-18-4(11,12)2(7,3(8,9)10)19-5(13,14)6(15,16)20-17;;;;;;;;/h9-13H,14-16H2,1-8H3;10-14H,15-16H2,1-9H3;1H3;8*1H4. The molecule has 0 amide bonds. The quantitative estimate of drug-likeness (QED) is 0.0579. The number of methoxy groups -OCH3 is 1. The minimum absolute atomic E-state index is 0. The molecule has 2 rings (SSSR count). The molecule has 96 heavy (non-hydrogen) atoms. The Morgan fingerprint density at radius 3 is 1.00 bits per heavy atom. The Labute approximate surface area is 561 Å². The fourth-order valence-corrected chi connectivity index (χ4v) is 44.0. The first-order chi connectivity index (χ1) is 38.4. The third-order valence-corrected chi connectivity index (χ3v) is 40.3. The van der Waals surface area contributed by atoms with Gasteiger partial charge in [-0.2, -0.15) is 92.2 Å². The van der Waals surface area contributed by atoms with E-state index in [-0.39, 0.29) is 72.6 Å². The van der Waals surface area contributed by atoms with Crippen molar-refractivity contribution in [2.24, 2.45) is 0 Å². The van der Waals surface area contributed by atoms with E-state index in [1.54, 1.807) is 30.0 Å². The van der Waals surface area contributed by atoms with Gasteiger partial charge in [-0.15, -0.1) is 4.94 Å². The second kappa shape index (κ2) is 38.6. The van der Waals surface area contributed by atoms with E-state index in [9.17, 15) is 106 Å². The number of ether oxygens (including phenoxy) is 3. The Bertz CT molecular complexity index is 2460. The van der Waals surface area contributed by atoms with Crippen molar-refractivity contribution in [1.82, 2.24) is 0 Å². The predicted octanol–water partition coefficient (Wildman–Crippen LogP) is 23.0. The molecule has 0 saturated carbocycles. The molecule has 0 saturated heterocycles. The number of alkyl halides is 23. The summed E-state index contributed by atoms with van der Waals surface area (Å²) >= 11 is 0. The smallest absolute Gasteiger partial charge is 0.437 e. The first kappa shape index (κ1) is 113. The van der Waals surface area contributed by atoms with Gasteiger partial charge in [-0.25, -0.2) is 8.78 Å². The molecule has 582 valence electrons. The molecule has 0 spiro atoms. The summed E-state index contributed by atoms with van der Waals surface area (Å²) in [6.45, 7) is 30.2. The number of benzene rings is 2. The number of hydrogen-bond donors (Lipinski definition) is 0. The lowest BCUT2D eigenvalue weighted by molar-refractivity contribution is -0.552. The molecule has 2 aromatic rings. The third-order valence-electron chi connectivity index (χ3n) is 11.2. The van der Waals surface area contributed by atoms with E-state index in [2.05, 4.69) is 29.1 Å². The van der Waals surface area contributed by atoms with Gasteiger partial charge in [0.2, 0.25) is 5.67 Å². The van der Waals surface area contributed by atoms with Crippen molar-refractivity contribution in [3.8, 4) is 0 Å². The Kier molecular flexibility index (Phi) is 45.2. The maximum atomic E-state index is 14.8. The van der Waals surface area contributed by atoms with Crippen LogP contribution in [0.15, 0.2) is 60.7 Å². The number of hydrogen-bond acceptors (Lipinski definition) is 10. The van der Waals surface area contributed by atoms with Crippen LogP contribution in [-0.4, -0.2) is 141 Å². The highest BCUT2D eigenvalue weighted by atomic mass is 28.5. The molecule has 42 heteroatoms. The largest absolute Gasteiger partial charge is 0.478 e. The van der Waals surface area contributed by atoms with E-state index in [0.717, 1.165) is 10.4 Å². The van der Waals surface area contributed by atoms with Crippen molar-refractivity contribution >= 4 is 77.9 Å². The first-order valence-electron chi connectivity index (χ1n) is 25.8. The molecule has 0 fully saturated rings. The maximum Gasteiger partial charge on any atom is 0.478 e. The molecular formula is C54H106F24O10Si8. The SMILES string of the molecule is C.C.C.C.C.C.C.C.CC(F)(CC[Si](C)(C)O[Si](C)(O[Si](C)(C)O[Si](C)(C)C)c1ccccc1)C(F)(F)F.COC(F)(F)C(F)(OC(F)(F)C(F)(F)OF)C(F)(F)F.C[Si](C)(C)O[Si](C)(O[Si](C)(C)O[Si](C)(C)CCC(F)(OC(F)(F)CC(F)(F)F)C(F)(F)F)c1ccccc1. The van der Waals surface area contributed by atoms with E-state index in [0.29, 0.717) is 6.92 Å². The van der Waals surface area contributed by atoms with Crippen molar-refractivity contribution in [3.63, 3.8) is 0 Å². The van der Waals surface area contributed by atoms with Gasteiger partial charge >= 0.3 is 95.1 Å². The van der Waals surface area contributed by atoms with Crippen LogP contribution in [-0.2, 0) is 43.8 Å². The van der Waals surface area contributed by atoms with Crippen molar-refractivity contribution in [1.29, 1.82) is 0 Å². The van der Waals surface area contributed by atoms with Gasteiger partial charge in [0, 0.05) is 13.5 Å². The third kappa shape index (κ3) is 36.3. The summed E-state index contributed by atoms with van der Waals surface area (Å²) in [5.74, 6) is -11.7. The van der Waals surface area contributed by atoms with Crippen LogP contribution >= 0.6 is 0 Å². The summed E-state index contributed by atoms with van der Waals surface area (Å²) in [6.07, 6.45) is -53.6. The predicted molar refractivity (Wildman–Crippen MR) is 348 cm³/mol. The lowest BCUT2D eigenvalue weighted by Crippen LogP contribution is -2.63. The van der Waals surface area contributed by atoms with E-state index < -0.39 is 159 Å². The molecule has 0 radical (unpaired) electrons. The molecule has 0 bridgehead atoms. The zero-order valence-electron chi connectivity index (χ0n) is 51.0. The highest BCUT2D eigenvalue weighted by Crippen LogP contribution is 2.52. The fourth-order valence-electron chi connectivity index (χ4n) is 7.95. The van der Waals surface area contributed by atoms with Crippen molar-refractivity contribution in [2.45, 2.75) is 269 Å². The van der Waals surface area contributed by atoms with Crippen LogP contribution in [0.4, 0.5) is 106 Å². The number of rotatable bonds is 29. The summed E-state index contributed by atoms with van der Waals surface area (Å²) in [7, 11) is -22.2. The summed E-state index contributed by atoms with van der Waals surface area (Å²) in [4.78, 5) is 1.28. The molecular weight excluding hydrogens is 1490 g/mol. The molecule has 0 heterocycles. The summed E-state index contributed by atoms with van der Waals surface area (Å²) in [5.41, 5.74) is -3.23. The molecule has 0 N–H and O–H groups in total. The van der Waals surface area contributed by atoms with Crippen LogP contribution < -0.4 is 10.4 Å². The highest BCUT2D eigenvalue weighted by Gasteiger charge is 2.80. The Balaban J connectivity index is -0.000000169. The van der Waals surface area contributed by atoms with Gasteiger partial charge in [-0.3, -0.25) is 9.47 Å². The van der Waals surface area contributed by atoms with Crippen LogP contribution in [0.2, 0.25) is 117 Å². The molecule has 0 aromatic heterocycles. The van der Waals surface area contributed by atoms with Crippen LogP contribution in [0.25, 0.3) is 0 Å². The van der Waals surface area contributed by atoms with Gasteiger partial charge in [0.15, 0.2) is 33.3 Å². The second-order valence-corrected chi connectivity index (χ2v) is 56.2. The monoisotopic (exact) mass is 1590 g/mol. The van der Waals surface area contributed by atoms with Crippen LogP contribution in [0.1, 0.15) is 85.6 Å². The summed E-state index contributed by atoms with van der Waals surface area (Å²) in [5, 5.41) is 1.69. The molecule has 5 atom stereocenters. The molecule has 2 aromatic carbocycles. The van der Waals surface area contributed by atoms with Gasteiger partial charge in [0.25, 0.3) is 0 Å². The van der Waals surface area contributed by atoms with Gasteiger partial charge < -0.3 is 29.4 Å². The maximum absolute atomic E-state index is 14.8. The lowest BCUT2D eigenvalue weighted by Gasteiger charge is -2.42. The zero-order chi connectivity index (χ0) is 70.3. The fraction of sp³-hybridized carbons (Fsp3) is 0.778. The normalized spacial score (nSPS) is 16.4. The minimum Gasteiger partial charge on any atom is -0.437 e. The molecule has 0 aliphatic rings. The van der Waals surface area contributed by atoms with Gasteiger partial charge in [-0.05, 0) is 145 Å². The van der Waals surface area contributed by atoms with Gasteiger partial charge in [0.05, 0.1) is 0 Å².